The quantitative estimate of drug-likeness (QED) is 0.656. The van der Waals surface area contributed by atoms with Crippen LogP contribution in [-0.2, 0) is 0 Å². The lowest BCUT2D eigenvalue weighted by Gasteiger charge is -2.06. The van der Waals surface area contributed by atoms with Gasteiger partial charge in [0.05, 0.1) is 0 Å². The molecule has 0 amide bonds. The molecule has 0 aliphatic heterocycles. The van der Waals surface area contributed by atoms with Crippen LogP contribution in [0.3, 0.4) is 0 Å². The SMILES string of the molecule is FCC(F)Oc1ccccc1. The monoisotopic (exact) mass is 158 g/mol. The van der Waals surface area contributed by atoms with Crippen LogP contribution in [0.4, 0.5) is 8.78 Å². The van der Waals surface area contributed by atoms with Gasteiger partial charge in [-0.3, -0.25) is 0 Å². The van der Waals surface area contributed by atoms with E-state index in [0.717, 1.165) is 0 Å². The summed E-state index contributed by atoms with van der Waals surface area (Å²) >= 11 is 0. The van der Waals surface area contributed by atoms with Crippen molar-refractivity contribution in [2.75, 3.05) is 6.67 Å². The number of alkyl halides is 2. The zero-order chi connectivity index (χ0) is 8.10. The van der Waals surface area contributed by atoms with E-state index in [1.165, 1.54) is 0 Å². The molecule has 0 N–H and O–H groups in total. The van der Waals surface area contributed by atoms with Crippen molar-refractivity contribution in [2.24, 2.45) is 0 Å². The van der Waals surface area contributed by atoms with Gasteiger partial charge in [0.2, 0.25) is 0 Å². The van der Waals surface area contributed by atoms with Crippen molar-refractivity contribution in [3.05, 3.63) is 30.3 Å². The number of hydrogen-bond acceptors (Lipinski definition) is 1. The Labute approximate surface area is 63.6 Å². The molecule has 0 aromatic heterocycles. The normalized spacial score (nSPS) is 12.5. The molecule has 1 atom stereocenters. The van der Waals surface area contributed by atoms with Crippen LogP contribution in [0.2, 0.25) is 0 Å². The molecule has 3 heteroatoms. The molecule has 1 nitrogen and oxygen atoms in total. The lowest BCUT2D eigenvalue weighted by Crippen LogP contribution is -2.11. The Kier molecular flexibility index (Phi) is 2.83. The summed E-state index contributed by atoms with van der Waals surface area (Å²) in [6.45, 7) is -1.12. The van der Waals surface area contributed by atoms with Crippen LogP contribution in [0.15, 0.2) is 30.3 Å². The van der Waals surface area contributed by atoms with Gasteiger partial charge in [-0.05, 0) is 12.1 Å². The number of rotatable bonds is 3. The molecule has 1 aromatic rings. The predicted octanol–water partition coefficient (Wildman–Crippen LogP) is 2.33. The van der Waals surface area contributed by atoms with Crippen molar-refractivity contribution >= 4 is 0 Å². The summed E-state index contributed by atoms with van der Waals surface area (Å²) in [5.41, 5.74) is 0. The first kappa shape index (κ1) is 7.98. The standard InChI is InChI=1S/C8H8F2O/c9-6-8(10)11-7-4-2-1-3-5-7/h1-5,8H,6H2. The summed E-state index contributed by atoms with van der Waals surface area (Å²) in [5, 5.41) is 0. The first-order valence-corrected chi connectivity index (χ1v) is 3.24. The summed E-state index contributed by atoms with van der Waals surface area (Å²) in [5.74, 6) is 0.345. The zero-order valence-electron chi connectivity index (χ0n) is 5.84. The minimum absolute atomic E-state index is 0.345. The molecule has 1 unspecified atom stereocenters. The van der Waals surface area contributed by atoms with Crippen LogP contribution in [-0.4, -0.2) is 13.0 Å². The van der Waals surface area contributed by atoms with Gasteiger partial charge in [-0.25, -0.2) is 4.39 Å². The van der Waals surface area contributed by atoms with Gasteiger partial charge < -0.3 is 4.74 Å². The molecule has 0 spiro atoms. The molecule has 0 saturated heterocycles. The third-order valence-electron chi connectivity index (χ3n) is 1.13. The molecule has 1 rings (SSSR count). The van der Waals surface area contributed by atoms with E-state index in [0.29, 0.717) is 5.75 Å². The third-order valence-corrected chi connectivity index (χ3v) is 1.13. The van der Waals surface area contributed by atoms with E-state index in [-0.39, 0.29) is 0 Å². The van der Waals surface area contributed by atoms with Crippen molar-refractivity contribution < 1.29 is 13.5 Å². The Morgan fingerprint density at radius 1 is 1.27 bits per heavy atom. The number of benzene rings is 1. The largest absolute Gasteiger partial charge is 0.458 e. The number of para-hydroxylation sites is 1. The molecule has 11 heavy (non-hydrogen) atoms. The maximum Gasteiger partial charge on any atom is 0.266 e. The highest BCUT2D eigenvalue weighted by Gasteiger charge is 2.04. The lowest BCUT2D eigenvalue weighted by molar-refractivity contribution is 0.0434. The van der Waals surface area contributed by atoms with E-state index in [9.17, 15) is 8.78 Å². The maximum atomic E-state index is 12.2. The summed E-state index contributed by atoms with van der Waals surface area (Å²) in [6, 6.07) is 8.31. The second-order valence-corrected chi connectivity index (χ2v) is 2.00. The molecule has 0 radical (unpaired) electrons. The molecule has 0 fully saturated rings. The molecular formula is C8H8F2O. The lowest BCUT2D eigenvalue weighted by atomic mass is 10.3. The second-order valence-electron chi connectivity index (χ2n) is 2.00. The molecule has 0 heterocycles. The van der Waals surface area contributed by atoms with E-state index in [1.54, 1.807) is 30.3 Å². The van der Waals surface area contributed by atoms with E-state index < -0.39 is 13.0 Å². The minimum Gasteiger partial charge on any atom is -0.458 e. The van der Waals surface area contributed by atoms with Crippen molar-refractivity contribution in [2.45, 2.75) is 6.36 Å². The molecule has 0 bridgehead atoms. The molecule has 0 aliphatic rings. The van der Waals surface area contributed by atoms with Gasteiger partial charge >= 0.3 is 0 Å². The van der Waals surface area contributed by atoms with E-state index in [2.05, 4.69) is 4.74 Å². The van der Waals surface area contributed by atoms with Crippen molar-refractivity contribution in [1.29, 1.82) is 0 Å². The van der Waals surface area contributed by atoms with E-state index in [4.69, 9.17) is 0 Å². The number of halogens is 2. The first-order valence-electron chi connectivity index (χ1n) is 3.24. The van der Waals surface area contributed by atoms with Gasteiger partial charge in [-0.15, -0.1) is 0 Å². The number of ether oxygens (including phenoxy) is 1. The average molecular weight is 158 g/mol. The van der Waals surface area contributed by atoms with E-state index in [1.807, 2.05) is 0 Å². The summed E-state index contributed by atoms with van der Waals surface area (Å²) in [4.78, 5) is 0. The fraction of sp³-hybridized carbons (Fsp3) is 0.250. The summed E-state index contributed by atoms with van der Waals surface area (Å²) in [7, 11) is 0. The Morgan fingerprint density at radius 3 is 2.45 bits per heavy atom. The Hall–Kier alpha value is -1.12. The van der Waals surface area contributed by atoms with Crippen LogP contribution >= 0.6 is 0 Å². The summed E-state index contributed by atoms with van der Waals surface area (Å²) < 4.78 is 28.3. The highest BCUT2D eigenvalue weighted by molar-refractivity contribution is 5.20. The van der Waals surface area contributed by atoms with Crippen molar-refractivity contribution in [3.8, 4) is 5.75 Å². The van der Waals surface area contributed by atoms with Gasteiger partial charge in [0.15, 0.2) is 6.67 Å². The summed E-state index contributed by atoms with van der Waals surface area (Å²) in [6.07, 6.45) is -1.85. The van der Waals surface area contributed by atoms with Gasteiger partial charge in [0.1, 0.15) is 5.75 Å². The fourth-order valence-electron chi connectivity index (χ4n) is 0.678. The van der Waals surface area contributed by atoms with Crippen molar-refractivity contribution in [1.82, 2.24) is 0 Å². The van der Waals surface area contributed by atoms with Gasteiger partial charge in [-0.1, -0.05) is 18.2 Å². The van der Waals surface area contributed by atoms with Crippen LogP contribution in [0, 0.1) is 0 Å². The highest BCUT2D eigenvalue weighted by Crippen LogP contribution is 2.11. The Morgan fingerprint density at radius 2 is 1.91 bits per heavy atom. The van der Waals surface area contributed by atoms with Gasteiger partial charge in [0.25, 0.3) is 6.36 Å². The molecule has 0 saturated carbocycles. The molecular weight excluding hydrogens is 150 g/mol. The van der Waals surface area contributed by atoms with E-state index >= 15 is 0 Å². The first-order chi connectivity index (χ1) is 5.33. The second kappa shape index (κ2) is 3.91. The third kappa shape index (κ3) is 2.53. The van der Waals surface area contributed by atoms with Crippen LogP contribution in [0.25, 0.3) is 0 Å². The fourth-order valence-corrected chi connectivity index (χ4v) is 0.678. The average Bonchev–Trinajstić information content (AvgIpc) is 2.06. The molecule has 60 valence electrons. The van der Waals surface area contributed by atoms with Crippen LogP contribution in [0.1, 0.15) is 0 Å². The highest BCUT2D eigenvalue weighted by atomic mass is 19.2. The Balaban J connectivity index is 2.51. The van der Waals surface area contributed by atoms with Crippen LogP contribution in [0.5, 0.6) is 5.75 Å². The zero-order valence-corrected chi connectivity index (χ0v) is 5.84. The van der Waals surface area contributed by atoms with Gasteiger partial charge in [-0.2, -0.15) is 4.39 Å². The molecule has 1 aromatic carbocycles. The van der Waals surface area contributed by atoms with Gasteiger partial charge in [0, 0.05) is 0 Å². The Bertz CT molecular complexity index is 201. The van der Waals surface area contributed by atoms with Crippen molar-refractivity contribution in [3.63, 3.8) is 0 Å². The van der Waals surface area contributed by atoms with Crippen LogP contribution < -0.4 is 4.74 Å². The predicted molar refractivity (Wildman–Crippen MR) is 37.9 cm³/mol. The number of hydrogen-bond donors (Lipinski definition) is 0. The minimum atomic E-state index is -1.85. The molecule has 0 aliphatic carbocycles. The smallest absolute Gasteiger partial charge is 0.266 e. The topological polar surface area (TPSA) is 9.23 Å². The maximum absolute atomic E-state index is 12.2.